The second-order valence-electron chi connectivity index (χ2n) is 22.8. The second-order valence-corrected chi connectivity index (χ2v) is 22.8. The van der Waals surface area contributed by atoms with Crippen LogP contribution in [0.1, 0.15) is 0 Å². The number of rotatable bonds is 0. The summed E-state index contributed by atoms with van der Waals surface area (Å²) < 4.78 is 0. The maximum atomic E-state index is 5.26. The van der Waals surface area contributed by atoms with Gasteiger partial charge in [-0.1, -0.05) is 194 Å². The summed E-state index contributed by atoms with van der Waals surface area (Å²) in [6.45, 7) is 0. The van der Waals surface area contributed by atoms with Crippen LogP contribution in [0.3, 0.4) is 0 Å². The predicted octanol–water partition coefficient (Wildman–Crippen LogP) is 19.3. The minimum atomic E-state index is 0.829. The molecule has 4 aromatic heterocycles. The highest BCUT2D eigenvalue weighted by molar-refractivity contribution is 6.37. The number of aromatic nitrogens is 8. The molecule has 22 aromatic rings. The third kappa shape index (κ3) is 5.52. The van der Waals surface area contributed by atoms with E-state index >= 15 is 0 Å². The van der Waals surface area contributed by atoms with Crippen LogP contribution >= 0.6 is 0 Å². The van der Waals surface area contributed by atoms with Crippen molar-refractivity contribution in [3.05, 3.63) is 218 Å². The summed E-state index contributed by atoms with van der Waals surface area (Å²) >= 11 is 0. The zero-order valence-corrected chi connectivity index (χ0v) is 44.4. The minimum Gasteiger partial charge on any atom is -0.244 e. The first-order chi connectivity index (χ1) is 41.6. The fourth-order valence-corrected chi connectivity index (χ4v) is 14.9. The van der Waals surface area contributed by atoms with E-state index in [1.54, 1.807) is 0 Å². The fraction of sp³-hybridized carbons (Fsp3) is 0. The van der Waals surface area contributed by atoms with Gasteiger partial charge in [0.2, 0.25) is 0 Å². The normalized spacial score (nSPS) is 12.8. The van der Waals surface area contributed by atoms with E-state index in [0.717, 1.165) is 131 Å². The standard InChI is InChI=1S/2C38H18N4/c2*1-5-19-13-14-20-6-2-10-24-32(20)31(19)23(9-1)35-36(24)40-28-18-30-29(17-27(28)39-35)41-37-25-11-3-7-21-15-16-22-8-4-12-26(38(37)42-30)34(22)33(21)25/h2*1-18H. The van der Waals surface area contributed by atoms with Crippen molar-refractivity contribution in [2.75, 3.05) is 0 Å². The minimum absolute atomic E-state index is 0.829. The van der Waals surface area contributed by atoms with Crippen molar-refractivity contribution in [2.45, 2.75) is 0 Å². The summed E-state index contributed by atoms with van der Waals surface area (Å²) in [5, 5.41) is 28.9. The number of benzene rings is 18. The summed E-state index contributed by atoms with van der Waals surface area (Å²) in [7, 11) is 0. The molecular weight excluding hydrogens is 1020 g/mol. The molecule has 0 N–H and O–H groups in total. The monoisotopic (exact) mass is 1060 g/mol. The molecule has 22 rings (SSSR count). The third-order valence-electron chi connectivity index (χ3n) is 18.5. The van der Waals surface area contributed by atoms with Crippen LogP contribution < -0.4 is 0 Å². The van der Waals surface area contributed by atoms with Crippen LogP contribution in [-0.2, 0) is 0 Å². The molecule has 0 radical (unpaired) electrons. The molecule has 380 valence electrons. The molecule has 0 aliphatic carbocycles. The molecule has 0 saturated heterocycles. The van der Waals surface area contributed by atoms with Crippen LogP contribution in [0.25, 0.3) is 218 Å². The first-order valence-corrected chi connectivity index (χ1v) is 28.5. The number of fused-ring (bicyclic) bond motifs is 16. The van der Waals surface area contributed by atoms with Gasteiger partial charge in [-0.15, -0.1) is 0 Å². The molecule has 0 saturated carbocycles. The SMILES string of the molecule is c1cc2ccc3cccc4c5nc6cc7nc8c9cccc%10ccc%11cccc(c8nc7cc6nc5c(c1)c2c34)c%11c%109.c1cc2ccc3cccc4c5nc6cc7nc8c9cccc%10ccc%11cccc(c8nc7cc6nc5c(c1)c2c34)c%11c%109. The molecule has 84 heavy (non-hydrogen) atoms. The Kier molecular flexibility index (Phi) is 7.89. The largest absolute Gasteiger partial charge is 0.244 e. The number of hydrogen-bond acceptors (Lipinski definition) is 8. The maximum absolute atomic E-state index is 5.26. The van der Waals surface area contributed by atoms with Gasteiger partial charge in [0.1, 0.15) is 0 Å². The van der Waals surface area contributed by atoms with Crippen LogP contribution in [0.5, 0.6) is 0 Å². The zero-order chi connectivity index (χ0) is 54.2. The average molecular weight is 1060 g/mol. The van der Waals surface area contributed by atoms with Gasteiger partial charge in [0, 0.05) is 43.1 Å². The predicted molar refractivity (Wildman–Crippen MR) is 350 cm³/mol. The van der Waals surface area contributed by atoms with Crippen molar-refractivity contribution in [1.82, 2.24) is 39.9 Å². The second kappa shape index (κ2) is 15.3. The average Bonchev–Trinajstić information content (AvgIpc) is 1.03. The highest BCUT2D eigenvalue weighted by Crippen LogP contribution is 2.45. The molecule has 0 bridgehead atoms. The topological polar surface area (TPSA) is 103 Å². The Morgan fingerprint density at radius 2 is 0.274 bits per heavy atom. The van der Waals surface area contributed by atoms with Crippen LogP contribution in [0, 0.1) is 0 Å². The van der Waals surface area contributed by atoms with E-state index in [0.29, 0.717) is 0 Å². The first kappa shape index (κ1) is 43.3. The molecule has 0 amide bonds. The smallest absolute Gasteiger partial charge is 0.0979 e. The van der Waals surface area contributed by atoms with E-state index in [4.69, 9.17) is 39.9 Å². The van der Waals surface area contributed by atoms with Gasteiger partial charge in [0.05, 0.1) is 88.3 Å². The molecule has 18 aromatic carbocycles. The highest BCUT2D eigenvalue weighted by atomic mass is 14.9. The zero-order valence-electron chi connectivity index (χ0n) is 44.4. The number of hydrogen-bond donors (Lipinski definition) is 0. The summed E-state index contributed by atoms with van der Waals surface area (Å²) in [6, 6.07) is 77.6. The highest BCUT2D eigenvalue weighted by Gasteiger charge is 2.22. The number of nitrogens with zero attached hydrogens (tertiary/aromatic N) is 8. The van der Waals surface area contributed by atoms with E-state index in [1.165, 1.54) is 86.2 Å². The van der Waals surface area contributed by atoms with Gasteiger partial charge in [0.25, 0.3) is 0 Å². The third-order valence-corrected chi connectivity index (χ3v) is 18.5. The summed E-state index contributed by atoms with van der Waals surface area (Å²) in [4.78, 5) is 42.1. The fourth-order valence-electron chi connectivity index (χ4n) is 14.9. The van der Waals surface area contributed by atoms with E-state index < -0.39 is 0 Å². The van der Waals surface area contributed by atoms with Gasteiger partial charge in [-0.2, -0.15) is 0 Å². The van der Waals surface area contributed by atoms with Gasteiger partial charge in [0.15, 0.2) is 0 Å². The van der Waals surface area contributed by atoms with Gasteiger partial charge >= 0.3 is 0 Å². The molecule has 0 atom stereocenters. The molecule has 0 unspecified atom stereocenters. The van der Waals surface area contributed by atoms with Crippen molar-refractivity contribution in [3.63, 3.8) is 0 Å². The van der Waals surface area contributed by atoms with Gasteiger partial charge in [-0.05, 0) is 110 Å². The molecule has 0 aliphatic rings. The van der Waals surface area contributed by atoms with Crippen LogP contribution in [0.4, 0.5) is 0 Å². The Morgan fingerprint density at radius 3 is 0.405 bits per heavy atom. The van der Waals surface area contributed by atoms with Gasteiger partial charge < -0.3 is 0 Å². The van der Waals surface area contributed by atoms with E-state index in [2.05, 4.69) is 218 Å². The molecule has 8 heteroatoms. The van der Waals surface area contributed by atoms with Gasteiger partial charge in [-0.25, -0.2) is 39.9 Å². The van der Waals surface area contributed by atoms with Crippen molar-refractivity contribution in [3.8, 4) is 0 Å². The van der Waals surface area contributed by atoms with Crippen molar-refractivity contribution < 1.29 is 0 Å². The first-order valence-electron chi connectivity index (χ1n) is 28.5. The van der Waals surface area contributed by atoms with Crippen LogP contribution in [0.15, 0.2) is 218 Å². The molecule has 0 spiro atoms. The Labute approximate surface area is 473 Å². The maximum Gasteiger partial charge on any atom is 0.0979 e. The van der Waals surface area contributed by atoms with Crippen molar-refractivity contribution in [2.24, 2.45) is 0 Å². The Hall–Kier alpha value is -11.5. The summed E-state index contributed by atoms with van der Waals surface area (Å²) in [5.41, 5.74) is 14.0. The van der Waals surface area contributed by atoms with Crippen molar-refractivity contribution in [1.29, 1.82) is 0 Å². The quantitative estimate of drug-likeness (QED) is 0.109. The Morgan fingerprint density at radius 1 is 0.143 bits per heavy atom. The molecule has 8 nitrogen and oxygen atoms in total. The Balaban J connectivity index is 0.000000117. The molecule has 0 aliphatic heterocycles. The van der Waals surface area contributed by atoms with E-state index in [1.807, 2.05) is 0 Å². The molecule has 0 fully saturated rings. The van der Waals surface area contributed by atoms with Crippen LogP contribution in [-0.4, -0.2) is 39.9 Å². The lowest BCUT2D eigenvalue weighted by Gasteiger charge is -2.15. The summed E-state index contributed by atoms with van der Waals surface area (Å²) in [6.07, 6.45) is 0. The van der Waals surface area contributed by atoms with Crippen LogP contribution in [0.2, 0.25) is 0 Å². The van der Waals surface area contributed by atoms with E-state index in [-0.39, 0.29) is 0 Å². The molecular formula is C76H36N8. The Bertz CT molecular complexity index is 5530. The van der Waals surface area contributed by atoms with Gasteiger partial charge in [-0.3, -0.25) is 0 Å². The lowest BCUT2D eigenvalue weighted by Crippen LogP contribution is -1.96. The lowest BCUT2D eigenvalue weighted by molar-refractivity contribution is 1.38. The van der Waals surface area contributed by atoms with Crippen molar-refractivity contribution >= 4 is 218 Å². The van der Waals surface area contributed by atoms with E-state index in [9.17, 15) is 0 Å². The lowest BCUT2D eigenvalue weighted by atomic mass is 9.92. The molecule has 4 heterocycles. The summed E-state index contributed by atoms with van der Waals surface area (Å²) in [5.74, 6) is 0.